The number of nitro groups is 1. The molecule has 8 heteroatoms. The predicted molar refractivity (Wildman–Crippen MR) is 111 cm³/mol. The SMILES string of the molecule is CC(C)(C)c1cc(S(=O)(=O)O)c(Cc2ccc([N+](=O)[O-])cc2)c(C(C)(C)C)c1O. The second-order valence-electron chi connectivity index (χ2n) is 9.20. The van der Waals surface area contributed by atoms with E-state index in [9.17, 15) is 28.2 Å². The molecule has 2 aromatic carbocycles. The monoisotopic (exact) mass is 421 g/mol. The molecule has 0 radical (unpaired) electrons. The van der Waals surface area contributed by atoms with Crippen LogP contribution in [0.2, 0.25) is 0 Å². The predicted octanol–water partition coefficient (Wildman–Crippen LogP) is 4.73. The maximum absolute atomic E-state index is 12.2. The molecule has 0 aliphatic rings. The van der Waals surface area contributed by atoms with E-state index in [2.05, 4.69) is 0 Å². The van der Waals surface area contributed by atoms with Gasteiger partial charge in [0.2, 0.25) is 0 Å². The first-order valence-corrected chi connectivity index (χ1v) is 10.6. The number of benzene rings is 2. The number of phenols is 1. The molecule has 0 unspecified atom stereocenters. The Hall–Kier alpha value is -2.45. The first-order chi connectivity index (χ1) is 13.0. The summed E-state index contributed by atoms with van der Waals surface area (Å²) in [5.74, 6) is -0.00527. The molecule has 2 aromatic rings. The van der Waals surface area contributed by atoms with Gasteiger partial charge in [0.05, 0.1) is 9.82 Å². The van der Waals surface area contributed by atoms with Crippen molar-refractivity contribution < 1.29 is 23.0 Å². The zero-order valence-corrected chi connectivity index (χ0v) is 18.3. The molecule has 2 N–H and O–H groups in total. The zero-order valence-electron chi connectivity index (χ0n) is 17.5. The highest BCUT2D eigenvalue weighted by Crippen LogP contribution is 2.44. The summed E-state index contributed by atoms with van der Waals surface area (Å²) >= 11 is 0. The lowest BCUT2D eigenvalue weighted by Crippen LogP contribution is -2.22. The second-order valence-corrected chi connectivity index (χ2v) is 10.6. The minimum atomic E-state index is -4.58. The summed E-state index contributed by atoms with van der Waals surface area (Å²) in [5, 5.41) is 21.9. The first-order valence-electron chi connectivity index (χ1n) is 9.14. The van der Waals surface area contributed by atoms with Crippen LogP contribution in [0.3, 0.4) is 0 Å². The van der Waals surface area contributed by atoms with E-state index >= 15 is 0 Å². The van der Waals surface area contributed by atoms with E-state index in [4.69, 9.17) is 0 Å². The van der Waals surface area contributed by atoms with Crippen molar-refractivity contribution >= 4 is 15.8 Å². The van der Waals surface area contributed by atoms with Crippen LogP contribution in [-0.4, -0.2) is 23.0 Å². The lowest BCUT2D eigenvalue weighted by atomic mass is 9.76. The van der Waals surface area contributed by atoms with Crippen molar-refractivity contribution in [2.24, 2.45) is 0 Å². The second kappa shape index (κ2) is 7.42. The maximum atomic E-state index is 12.2. The topological polar surface area (TPSA) is 118 Å². The molecular formula is C21H27NO6S. The fraction of sp³-hybridized carbons (Fsp3) is 0.429. The molecule has 0 aromatic heterocycles. The molecule has 2 rings (SSSR count). The van der Waals surface area contributed by atoms with Crippen LogP contribution in [0.4, 0.5) is 5.69 Å². The molecular weight excluding hydrogens is 394 g/mol. The van der Waals surface area contributed by atoms with Gasteiger partial charge < -0.3 is 5.11 Å². The van der Waals surface area contributed by atoms with Gasteiger partial charge in [-0.05, 0) is 34.4 Å². The van der Waals surface area contributed by atoms with Gasteiger partial charge in [-0.15, -0.1) is 0 Å². The van der Waals surface area contributed by atoms with E-state index in [0.717, 1.165) is 0 Å². The van der Waals surface area contributed by atoms with Crippen molar-refractivity contribution in [1.29, 1.82) is 0 Å². The molecule has 0 atom stereocenters. The number of hydrogen-bond acceptors (Lipinski definition) is 5. The number of rotatable bonds is 4. The van der Waals surface area contributed by atoms with E-state index in [1.54, 1.807) is 0 Å². The fourth-order valence-corrected chi connectivity index (χ4v) is 4.16. The van der Waals surface area contributed by atoms with Gasteiger partial charge in [0.25, 0.3) is 15.8 Å². The van der Waals surface area contributed by atoms with E-state index in [0.29, 0.717) is 16.7 Å². The molecule has 0 aliphatic heterocycles. The number of nitro benzene ring substituents is 1. The fourth-order valence-electron chi connectivity index (χ4n) is 3.41. The Balaban J connectivity index is 2.84. The van der Waals surface area contributed by atoms with Gasteiger partial charge in [-0.2, -0.15) is 8.42 Å². The summed E-state index contributed by atoms with van der Waals surface area (Å²) in [4.78, 5) is 10.1. The average molecular weight is 422 g/mol. The summed E-state index contributed by atoms with van der Waals surface area (Å²) in [6.45, 7) is 11.1. The third kappa shape index (κ3) is 4.94. The third-order valence-corrected chi connectivity index (χ3v) is 5.65. The normalized spacial score (nSPS) is 12.8. The van der Waals surface area contributed by atoms with E-state index in [1.165, 1.54) is 30.3 Å². The highest BCUT2D eigenvalue weighted by atomic mass is 32.2. The number of hydrogen-bond donors (Lipinski definition) is 2. The lowest BCUT2D eigenvalue weighted by molar-refractivity contribution is -0.384. The largest absolute Gasteiger partial charge is 0.507 e. The quantitative estimate of drug-likeness (QED) is 0.418. The number of phenolic OH excluding ortho intramolecular Hbond substituents is 1. The van der Waals surface area contributed by atoms with Crippen LogP contribution in [0.5, 0.6) is 5.75 Å². The van der Waals surface area contributed by atoms with Crippen LogP contribution in [0.1, 0.15) is 63.8 Å². The Bertz CT molecular complexity index is 1040. The van der Waals surface area contributed by atoms with Crippen LogP contribution in [0, 0.1) is 10.1 Å². The summed E-state index contributed by atoms with van der Waals surface area (Å²) in [6, 6.07) is 7.06. The van der Waals surface area contributed by atoms with Gasteiger partial charge in [0.15, 0.2) is 0 Å². The van der Waals surface area contributed by atoms with Crippen molar-refractivity contribution in [3.05, 3.63) is 62.7 Å². The molecule has 7 nitrogen and oxygen atoms in total. The summed E-state index contributed by atoms with van der Waals surface area (Å²) < 4.78 is 34.4. The minimum absolute atomic E-state index is 0.00527. The Kier molecular flexibility index (Phi) is 5.84. The summed E-state index contributed by atoms with van der Waals surface area (Å²) in [6.07, 6.45) is 0.0811. The Morgan fingerprint density at radius 3 is 1.90 bits per heavy atom. The number of non-ortho nitro benzene ring substituents is 1. The Labute approximate surface area is 171 Å². The number of aromatic hydroxyl groups is 1. The zero-order chi connectivity index (χ0) is 22.4. The summed E-state index contributed by atoms with van der Waals surface area (Å²) in [7, 11) is -4.58. The Morgan fingerprint density at radius 1 is 1.00 bits per heavy atom. The third-order valence-electron chi connectivity index (χ3n) is 4.73. The standard InChI is InChI=1S/C21H27NO6S/c1-20(2,3)16-12-17(29(26,27)28)15(18(19(16)23)21(4,5)6)11-13-7-9-14(10-8-13)22(24)25/h7-10,12,23H,11H2,1-6H3,(H,26,27,28). The van der Waals surface area contributed by atoms with Crippen molar-refractivity contribution in [1.82, 2.24) is 0 Å². The lowest BCUT2D eigenvalue weighted by Gasteiger charge is -2.31. The molecule has 0 bridgehead atoms. The van der Waals surface area contributed by atoms with Gasteiger partial charge in [0, 0.05) is 23.3 Å². The average Bonchev–Trinajstić information content (AvgIpc) is 2.51. The van der Waals surface area contributed by atoms with Crippen LogP contribution in [0.15, 0.2) is 35.2 Å². The molecule has 0 heterocycles. The minimum Gasteiger partial charge on any atom is -0.507 e. The van der Waals surface area contributed by atoms with Crippen molar-refractivity contribution in [2.75, 3.05) is 0 Å². The molecule has 0 saturated heterocycles. The van der Waals surface area contributed by atoms with Crippen molar-refractivity contribution in [3.63, 3.8) is 0 Å². The van der Waals surface area contributed by atoms with Crippen molar-refractivity contribution in [3.8, 4) is 5.75 Å². The molecule has 0 amide bonds. The van der Waals surface area contributed by atoms with Crippen molar-refractivity contribution in [2.45, 2.75) is 63.7 Å². The number of nitrogens with zero attached hydrogens (tertiary/aromatic N) is 1. The maximum Gasteiger partial charge on any atom is 0.294 e. The van der Waals surface area contributed by atoms with Crippen LogP contribution < -0.4 is 0 Å². The highest BCUT2D eigenvalue weighted by Gasteiger charge is 2.33. The molecule has 29 heavy (non-hydrogen) atoms. The highest BCUT2D eigenvalue weighted by molar-refractivity contribution is 7.85. The molecule has 158 valence electrons. The molecule has 0 spiro atoms. The smallest absolute Gasteiger partial charge is 0.294 e. The van der Waals surface area contributed by atoms with Crippen LogP contribution in [0.25, 0.3) is 0 Å². The van der Waals surface area contributed by atoms with E-state index in [1.807, 2.05) is 41.5 Å². The van der Waals surface area contributed by atoms with Crippen LogP contribution >= 0.6 is 0 Å². The van der Waals surface area contributed by atoms with Gasteiger partial charge in [-0.3, -0.25) is 14.7 Å². The van der Waals surface area contributed by atoms with Gasteiger partial charge in [-0.1, -0.05) is 53.7 Å². The van der Waals surface area contributed by atoms with E-state index in [-0.39, 0.29) is 28.3 Å². The van der Waals surface area contributed by atoms with E-state index < -0.39 is 25.9 Å². The van der Waals surface area contributed by atoms with Crippen LogP contribution in [-0.2, 0) is 27.4 Å². The van der Waals surface area contributed by atoms with Gasteiger partial charge >= 0.3 is 0 Å². The van der Waals surface area contributed by atoms with Gasteiger partial charge in [-0.25, -0.2) is 0 Å². The van der Waals surface area contributed by atoms with Gasteiger partial charge in [0.1, 0.15) is 5.75 Å². The molecule has 0 fully saturated rings. The molecule has 0 saturated carbocycles. The summed E-state index contributed by atoms with van der Waals surface area (Å²) in [5.41, 5.74) is 0.480. The Morgan fingerprint density at radius 2 is 1.52 bits per heavy atom. The molecule has 0 aliphatic carbocycles. The first kappa shape index (κ1) is 22.8.